The van der Waals surface area contributed by atoms with Gasteiger partial charge in [-0.1, -0.05) is 34.8 Å². The molecule has 3 aromatic rings. The first-order valence-corrected chi connectivity index (χ1v) is 8.44. The lowest BCUT2D eigenvalue weighted by Crippen LogP contribution is -2.22. The number of aromatic nitrogens is 3. The van der Waals surface area contributed by atoms with Gasteiger partial charge in [0.05, 0.1) is 12.5 Å². The first-order valence-electron chi connectivity index (χ1n) is 7.30. The van der Waals surface area contributed by atoms with Crippen molar-refractivity contribution in [3.05, 3.63) is 39.9 Å². The first kappa shape index (κ1) is 17.3. The monoisotopic (exact) mass is 383 g/mol. The predicted molar refractivity (Wildman–Crippen MR) is 99.5 cm³/mol. The summed E-state index contributed by atoms with van der Waals surface area (Å²) in [6, 6.07) is 5.39. The fraction of sp³-hybridized carbons (Fsp3) is 0.294. The molecule has 0 atom stereocenters. The molecule has 0 spiro atoms. The van der Waals surface area contributed by atoms with Crippen molar-refractivity contribution in [3.8, 4) is 16.9 Å². The Bertz CT molecular complexity index is 929. The van der Waals surface area contributed by atoms with E-state index in [9.17, 15) is 0 Å². The molecule has 0 N–H and O–H groups in total. The van der Waals surface area contributed by atoms with Crippen molar-refractivity contribution in [3.63, 3.8) is 0 Å². The largest absolute Gasteiger partial charge is 0.497 e. The Labute approximate surface area is 155 Å². The van der Waals surface area contributed by atoms with Crippen LogP contribution in [-0.4, -0.2) is 21.6 Å². The predicted octanol–water partition coefficient (Wildman–Crippen LogP) is 5.82. The number of fused-ring (bicyclic) bond motifs is 1. The van der Waals surface area contributed by atoms with Crippen LogP contribution in [0.5, 0.6) is 5.75 Å². The molecule has 0 amide bonds. The standard InChI is InChI=1S/C17H16Cl3N3O/c1-17(2,3)23-15(20)12(13-14(19)21-8-22-16(13)23)10-7-9(24-4)5-6-11(10)18/h5-8H,1-4H3. The van der Waals surface area contributed by atoms with Crippen molar-refractivity contribution in [2.45, 2.75) is 26.3 Å². The molecule has 3 rings (SSSR count). The highest BCUT2D eigenvalue weighted by Crippen LogP contribution is 2.45. The number of hydrogen-bond acceptors (Lipinski definition) is 3. The smallest absolute Gasteiger partial charge is 0.147 e. The van der Waals surface area contributed by atoms with Crippen LogP contribution >= 0.6 is 34.8 Å². The van der Waals surface area contributed by atoms with Gasteiger partial charge in [-0.15, -0.1) is 0 Å². The van der Waals surface area contributed by atoms with Crippen LogP contribution < -0.4 is 4.74 Å². The van der Waals surface area contributed by atoms with Gasteiger partial charge in [0.1, 0.15) is 28.0 Å². The minimum Gasteiger partial charge on any atom is -0.497 e. The molecule has 0 fully saturated rings. The van der Waals surface area contributed by atoms with Crippen molar-refractivity contribution in [2.75, 3.05) is 7.11 Å². The van der Waals surface area contributed by atoms with E-state index in [1.807, 2.05) is 31.4 Å². The summed E-state index contributed by atoms with van der Waals surface area (Å²) in [5, 5.41) is 2.06. The molecule has 0 aliphatic rings. The summed E-state index contributed by atoms with van der Waals surface area (Å²) in [5.41, 5.74) is 1.81. The Balaban J connectivity index is 2.48. The zero-order valence-corrected chi connectivity index (χ0v) is 16.0. The van der Waals surface area contributed by atoms with Gasteiger partial charge in [-0.25, -0.2) is 9.97 Å². The molecule has 126 valence electrons. The molecule has 2 heterocycles. The Morgan fingerprint density at radius 1 is 1.08 bits per heavy atom. The van der Waals surface area contributed by atoms with Gasteiger partial charge in [-0.05, 0) is 39.0 Å². The normalized spacial score (nSPS) is 12.0. The summed E-state index contributed by atoms with van der Waals surface area (Å²) in [4.78, 5) is 8.51. The fourth-order valence-corrected chi connectivity index (χ4v) is 3.69. The van der Waals surface area contributed by atoms with E-state index in [0.717, 1.165) is 5.56 Å². The Kier molecular flexibility index (Phi) is 4.41. The molecule has 4 nitrogen and oxygen atoms in total. The van der Waals surface area contributed by atoms with Crippen molar-refractivity contribution in [1.82, 2.24) is 14.5 Å². The molecule has 24 heavy (non-hydrogen) atoms. The van der Waals surface area contributed by atoms with Gasteiger partial charge in [0.15, 0.2) is 0 Å². The third kappa shape index (κ3) is 2.73. The second kappa shape index (κ2) is 6.10. The molecule has 0 unspecified atom stereocenters. The number of halogens is 3. The zero-order chi connectivity index (χ0) is 17.6. The van der Waals surface area contributed by atoms with Crippen LogP contribution in [0.25, 0.3) is 22.2 Å². The van der Waals surface area contributed by atoms with Crippen molar-refractivity contribution in [2.24, 2.45) is 0 Å². The van der Waals surface area contributed by atoms with Crippen molar-refractivity contribution in [1.29, 1.82) is 0 Å². The van der Waals surface area contributed by atoms with Crippen LogP contribution in [-0.2, 0) is 5.54 Å². The third-order valence-corrected chi connectivity index (χ3v) is 4.73. The molecule has 2 aromatic heterocycles. The maximum Gasteiger partial charge on any atom is 0.147 e. The van der Waals surface area contributed by atoms with Crippen LogP contribution in [0.2, 0.25) is 15.3 Å². The summed E-state index contributed by atoms with van der Waals surface area (Å²) in [6.07, 6.45) is 1.43. The summed E-state index contributed by atoms with van der Waals surface area (Å²) >= 11 is 19.6. The summed E-state index contributed by atoms with van der Waals surface area (Å²) < 4.78 is 7.25. The molecule has 0 radical (unpaired) electrons. The minimum atomic E-state index is -0.295. The molecule has 0 bridgehead atoms. The average Bonchev–Trinajstić information content (AvgIpc) is 2.81. The zero-order valence-electron chi connectivity index (χ0n) is 13.7. The van der Waals surface area contributed by atoms with Crippen LogP contribution in [0.3, 0.4) is 0 Å². The van der Waals surface area contributed by atoms with Crippen LogP contribution in [0.15, 0.2) is 24.5 Å². The Hall–Kier alpha value is -1.49. The number of nitrogens with zero attached hydrogens (tertiary/aromatic N) is 3. The fourth-order valence-electron chi connectivity index (χ4n) is 2.73. The lowest BCUT2D eigenvalue weighted by atomic mass is 10.1. The van der Waals surface area contributed by atoms with Crippen LogP contribution in [0.1, 0.15) is 20.8 Å². The van der Waals surface area contributed by atoms with E-state index in [4.69, 9.17) is 39.5 Å². The van der Waals surface area contributed by atoms with Gasteiger partial charge in [0.2, 0.25) is 0 Å². The third-order valence-electron chi connectivity index (χ3n) is 3.76. The van der Waals surface area contributed by atoms with Crippen LogP contribution in [0, 0.1) is 0 Å². The van der Waals surface area contributed by atoms with Gasteiger partial charge in [0, 0.05) is 21.7 Å². The highest BCUT2D eigenvalue weighted by atomic mass is 35.5. The van der Waals surface area contributed by atoms with E-state index in [1.165, 1.54) is 6.33 Å². The van der Waals surface area contributed by atoms with Gasteiger partial charge < -0.3 is 9.30 Å². The maximum absolute atomic E-state index is 6.75. The second-order valence-electron chi connectivity index (χ2n) is 6.38. The SMILES string of the molecule is COc1ccc(Cl)c(-c2c(Cl)n(C(C)(C)C)c3ncnc(Cl)c23)c1. The minimum absolute atomic E-state index is 0.295. The quantitative estimate of drug-likeness (QED) is 0.522. The van der Waals surface area contributed by atoms with E-state index in [0.29, 0.717) is 37.7 Å². The summed E-state index contributed by atoms with van der Waals surface area (Å²) in [6.45, 7) is 6.14. The summed E-state index contributed by atoms with van der Waals surface area (Å²) in [7, 11) is 1.60. The van der Waals surface area contributed by atoms with E-state index >= 15 is 0 Å². The number of hydrogen-bond donors (Lipinski definition) is 0. The molecular formula is C17H16Cl3N3O. The van der Waals surface area contributed by atoms with E-state index in [-0.39, 0.29) is 5.54 Å². The molecule has 0 saturated carbocycles. The maximum atomic E-state index is 6.75. The Morgan fingerprint density at radius 3 is 2.42 bits per heavy atom. The lowest BCUT2D eigenvalue weighted by Gasteiger charge is -2.23. The molecule has 7 heteroatoms. The first-order chi connectivity index (χ1) is 11.3. The Morgan fingerprint density at radius 2 is 1.79 bits per heavy atom. The second-order valence-corrected chi connectivity index (χ2v) is 7.50. The van der Waals surface area contributed by atoms with Gasteiger partial charge in [0.25, 0.3) is 0 Å². The average molecular weight is 385 g/mol. The van der Waals surface area contributed by atoms with Gasteiger partial charge in [-0.3, -0.25) is 0 Å². The highest BCUT2D eigenvalue weighted by Gasteiger charge is 2.28. The van der Waals surface area contributed by atoms with Crippen molar-refractivity contribution >= 4 is 45.8 Å². The van der Waals surface area contributed by atoms with Gasteiger partial charge >= 0.3 is 0 Å². The topological polar surface area (TPSA) is 39.9 Å². The lowest BCUT2D eigenvalue weighted by molar-refractivity contribution is 0.409. The molecular weight excluding hydrogens is 369 g/mol. The van der Waals surface area contributed by atoms with E-state index < -0.39 is 0 Å². The van der Waals surface area contributed by atoms with Crippen molar-refractivity contribution < 1.29 is 4.74 Å². The number of benzene rings is 1. The molecule has 0 aliphatic carbocycles. The highest BCUT2D eigenvalue weighted by molar-refractivity contribution is 6.41. The summed E-state index contributed by atoms with van der Waals surface area (Å²) in [5.74, 6) is 0.676. The van der Waals surface area contributed by atoms with Crippen LogP contribution in [0.4, 0.5) is 0 Å². The number of rotatable bonds is 2. The number of methoxy groups -OCH3 is 1. The van der Waals surface area contributed by atoms with E-state index in [1.54, 1.807) is 19.2 Å². The molecule has 0 aliphatic heterocycles. The molecule has 0 saturated heterocycles. The molecule has 1 aromatic carbocycles. The number of ether oxygens (including phenoxy) is 1. The van der Waals surface area contributed by atoms with Gasteiger partial charge in [-0.2, -0.15) is 0 Å². The van der Waals surface area contributed by atoms with E-state index in [2.05, 4.69) is 9.97 Å².